The molecule has 0 bridgehead atoms. The molecule has 1 aliphatic rings. The van der Waals surface area contributed by atoms with Crippen LogP contribution in [-0.2, 0) is 16.1 Å². The molecule has 232 valence electrons. The van der Waals surface area contributed by atoms with Gasteiger partial charge in [0.2, 0.25) is 0 Å². The number of nitro benzene ring substituents is 1. The number of carbonyl (C=O) groups excluding carboxylic acids is 1. The first kappa shape index (κ1) is 31.2. The molecular weight excluding hydrogens is 598 g/mol. The zero-order valence-corrected chi connectivity index (χ0v) is 26.0. The van der Waals surface area contributed by atoms with Crippen LogP contribution in [0.2, 0.25) is 0 Å². The number of benzene rings is 3. The molecule has 1 aromatic heterocycles. The Morgan fingerprint density at radius 2 is 1.76 bits per heavy atom. The van der Waals surface area contributed by atoms with E-state index in [9.17, 15) is 19.7 Å². The van der Waals surface area contributed by atoms with Crippen molar-refractivity contribution in [3.63, 3.8) is 0 Å². The largest absolute Gasteiger partial charge is 0.497 e. The molecule has 0 unspecified atom stereocenters. The number of nitro groups is 1. The molecule has 0 spiro atoms. The Labute approximate surface area is 262 Å². The van der Waals surface area contributed by atoms with Crippen molar-refractivity contribution in [1.29, 1.82) is 0 Å². The monoisotopic (exact) mass is 629 g/mol. The number of carbonyl (C=O) groups is 1. The Balaban J connectivity index is 1.64. The molecule has 0 amide bonds. The third-order valence-electron chi connectivity index (χ3n) is 7.08. The lowest BCUT2D eigenvalue weighted by atomic mass is 9.96. The van der Waals surface area contributed by atoms with Crippen LogP contribution in [0.25, 0.3) is 11.8 Å². The van der Waals surface area contributed by atoms with Gasteiger partial charge in [0.25, 0.3) is 11.2 Å². The van der Waals surface area contributed by atoms with Gasteiger partial charge in [0.05, 0.1) is 47.0 Å². The number of fused-ring (bicyclic) bond motifs is 1. The van der Waals surface area contributed by atoms with Crippen molar-refractivity contribution in [2.75, 3.05) is 20.3 Å². The number of nitrogens with zero attached hydrogens (tertiary/aromatic N) is 3. The topological polar surface area (TPSA) is 131 Å². The van der Waals surface area contributed by atoms with Gasteiger partial charge in [0.1, 0.15) is 18.4 Å². The molecule has 0 saturated carbocycles. The molecule has 0 fully saturated rings. The van der Waals surface area contributed by atoms with Crippen LogP contribution in [-0.4, -0.2) is 35.8 Å². The molecule has 0 N–H and O–H groups in total. The van der Waals surface area contributed by atoms with E-state index in [0.717, 1.165) is 16.9 Å². The third-order valence-corrected chi connectivity index (χ3v) is 8.07. The smallest absolute Gasteiger partial charge is 0.338 e. The molecule has 1 aliphatic heterocycles. The van der Waals surface area contributed by atoms with Crippen molar-refractivity contribution in [2.45, 2.75) is 33.4 Å². The lowest BCUT2D eigenvalue weighted by Gasteiger charge is -2.22. The summed E-state index contributed by atoms with van der Waals surface area (Å²) >= 11 is 1.07. The highest BCUT2D eigenvalue weighted by molar-refractivity contribution is 7.07. The summed E-state index contributed by atoms with van der Waals surface area (Å²) in [6.45, 7) is 5.78. The Kier molecular flexibility index (Phi) is 9.43. The van der Waals surface area contributed by atoms with Gasteiger partial charge in [-0.25, -0.2) is 9.79 Å². The zero-order chi connectivity index (χ0) is 32.1. The minimum Gasteiger partial charge on any atom is -0.497 e. The highest BCUT2D eigenvalue weighted by Crippen LogP contribution is 2.36. The third kappa shape index (κ3) is 6.50. The Morgan fingerprint density at radius 3 is 2.40 bits per heavy atom. The first-order chi connectivity index (χ1) is 21.7. The number of rotatable bonds is 11. The summed E-state index contributed by atoms with van der Waals surface area (Å²) in [4.78, 5) is 43.7. The van der Waals surface area contributed by atoms with E-state index >= 15 is 0 Å². The van der Waals surface area contributed by atoms with E-state index < -0.39 is 22.5 Å². The van der Waals surface area contributed by atoms with Crippen molar-refractivity contribution in [2.24, 2.45) is 4.99 Å². The number of hydrogen-bond acceptors (Lipinski definition) is 10. The molecule has 1 atom stereocenters. The number of allylic oxidation sites excluding steroid dienone is 1. The Bertz CT molecular complexity index is 1950. The summed E-state index contributed by atoms with van der Waals surface area (Å²) in [7, 11) is 1.56. The van der Waals surface area contributed by atoms with Crippen LogP contribution in [0.5, 0.6) is 17.2 Å². The van der Waals surface area contributed by atoms with Gasteiger partial charge >= 0.3 is 5.97 Å². The Hall–Kier alpha value is -5.23. The van der Waals surface area contributed by atoms with Crippen LogP contribution < -0.4 is 29.1 Å². The van der Waals surface area contributed by atoms with Crippen molar-refractivity contribution in [3.05, 3.63) is 119 Å². The summed E-state index contributed by atoms with van der Waals surface area (Å²) in [5, 5.41) is 12.2. The molecular formula is C33H31N3O8S. The lowest BCUT2D eigenvalue weighted by molar-refractivity contribution is -0.385. The second-order valence-corrected chi connectivity index (χ2v) is 10.9. The Morgan fingerprint density at radius 1 is 1.04 bits per heavy atom. The minimum absolute atomic E-state index is 0.145. The fourth-order valence-electron chi connectivity index (χ4n) is 4.94. The maximum atomic E-state index is 13.8. The number of ether oxygens (including phenoxy) is 4. The molecule has 2 heterocycles. The fraction of sp³-hybridized carbons (Fsp3) is 0.242. The predicted octanol–water partition coefficient (Wildman–Crippen LogP) is 4.80. The normalized spacial score (nSPS) is 14.4. The van der Waals surface area contributed by atoms with Crippen molar-refractivity contribution >= 4 is 34.8 Å². The standard InChI is InChI=1S/C33H31N3O8S/c1-5-42-26-16-23(25(36(39)40)18-27(26)44-19-21-10-8-7-9-11-21)17-28-31(37)35-20(3)29(32(38)43-6-2)30(34-33(35)45-28)22-12-14-24(41-4)15-13-22/h7-18,30H,5-6,19H2,1-4H3/b28-17-/t30-/m1/s1. The minimum atomic E-state index is -0.735. The number of methoxy groups -OCH3 is 1. The first-order valence-corrected chi connectivity index (χ1v) is 15.0. The molecule has 0 radical (unpaired) electrons. The molecule has 45 heavy (non-hydrogen) atoms. The number of aromatic nitrogens is 1. The molecule has 12 heteroatoms. The van der Waals surface area contributed by atoms with Gasteiger partial charge < -0.3 is 18.9 Å². The van der Waals surface area contributed by atoms with Gasteiger partial charge in [-0.15, -0.1) is 0 Å². The molecule has 3 aromatic carbocycles. The lowest BCUT2D eigenvalue weighted by Crippen LogP contribution is -2.35. The van der Waals surface area contributed by atoms with Crippen LogP contribution in [0.3, 0.4) is 0 Å². The summed E-state index contributed by atoms with van der Waals surface area (Å²) in [6, 6.07) is 18.6. The summed E-state index contributed by atoms with van der Waals surface area (Å²) < 4.78 is 23.8. The van der Waals surface area contributed by atoms with Crippen LogP contribution >= 0.6 is 11.3 Å². The van der Waals surface area contributed by atoms with Gasteiger partial charge in [-0.05, 0) is 56.2 Å². The molecule has 4 aromatic rings. The van der Waals surface area contributed by atoms with E-state index in [4.69, 9.17) is 23.9 Å². The second-order valence-electron chi connectivity index (χ2n) is 9.88. The van der Waals surface area contributed by atoms with Crippen LogP contribution in [0.4, 0.5) is 5.69 Å². The molecule has 0 aliphatic carbocycles. The summed E-state index contributed by atoms with van der Waals surface area (Å²) in [5.41, 5.74) is 1.62. The van der Waals surface area contributed by atoms with Gasteiger partial charge in [-0.1, -0.05) is 53.8 Å². The van der Waals surface area contributed by atoms with Crippen molar-refractivity contribution in [3.8, 4) is 17.2 Å². The number of esters is 1. The van der Waals surface area contributed by atoms with Crippen LogP contribution in [0.1, 0.15) is 43.5 Å². The second kappa shape index (κ2) is 13.6. The van der Waals surface area contributed by atoms with E-state index in [1.165, 1.54) is 22.8 Å². The van der Waals surface area contributed by atoms with E-state index in [2.05, 4.69) is 0 Å². The van der Waals surface area contributed by atoms with Crippen molar-refractivity contribution in [1.82, 2.24) is 4.57 Å². The summed E-state index contributed by atoms with van der Waals surface area (Å²) in [6.07, 6.45) is 1.44. The predicted molar refractivity (Wildman–Crippen MR) is 169 cm³/mol. The first-order valence-electron chi connectivity index (χ1n) is 14.2. The highest BCUT2D eigenvalue weighted by Gasteiger charge is 2.31. The number of thiazole rings is 1. The summed E-state index contributed by atoms with van der Waals surface area (Å²) in [5.74, 6) is 0.567. The molecule has 5 rings (SSSR count). The van der Waals surface area contributed by atoms with Gasteiger partial charge in [0.15, 0.2) is 16.3 Å². The van der Waals surface area contributed by atoms with E-state index in [1.807, 2.05) is 30.3 Å². The highest BCUT2D eigenvalue weighted by atomic mass is 32.1. The zero-order valence-electron chi connectivity index (χ0n) is 25.1. The average molecular weight is 630 g/mol. The molecule has 11 nitrogen and oxygen atoms in total. The van der Waals surface area contributed by atoms with Crippen molar-refractivity contribution < 1.29 is 28.7 Å². The van der Waals surface area contributed by atoms with E-state index in [-0.39, 0.29) is 40.3 Å². The van der Waals surface area contributed by atoms with Crippen LogP contribution in [0, 0.1) is 10.1 Å². The fourth-order valence-corrected chi connectivity index (χ4v) is 5.97. The SMILES string of the molecule is CCOC(=O)C1=C(C)n2c(s/c(=C\c3cc(OCC)c(OCc4ccccc4)cc3[N+](=O)[O-])c2=O)=N[C@@H]1c1ccc(OC)cc1. The van der Waals surface area contributed by atoms with Gasteiger partial charge in [-0.3, -0.25) is 19.5 Å². The van der Waals surface area contributed by atoms with E-state index in [1.54, 1.807) is 52.1 Å². The average Bonchev–Trinajstić information content (AvgIpc) is 3.35. The maximum Gasteiger partial charge on any atom is 0.338 e. The van der Waals surface area contributed by atoms with Gasteiger partial charge in [-0.2, -0.15) is 0 Å². The molecule has 0 saturated heterocycles. The van der Waals surface area contributed by atoms with Crippen LogP contribution in [0.15, 0.2) is 82.1 Å². The van der Waals surface area contributed by atoms with E-state index in [0.29, 0.717) is 34.2 Å². The van der Waals surface area contributed by atoms with Gasteiger partial charge in [0, 0.05) is 5.70 Å². The quantitative estimate of drug-likeness (QED) is 0.131. The number of hydrogen-bond donors (Lipinski definition) is 0. The maximum absolute atomic E-state index is 13.8.